The van der Waals surface area contributed by atoms with Crippen molar-refractivity contribution in [1.82, 2.24) is 19.8 Å². The number of phosphoric acid groups is 1. The summed E-state index contributed by atoms with van der Waals surface area (Å²) >= 11 is 0. The number of phosphoric ester groups is 1. The van der Waals surface area contributed by atoms with E-state index < -0.39 is 81.3 Å². The van der Waals surface area contributed by atoms with Gasteiger partial charge in [-0.2, -0.15) is 0 Å². The molecule has 0 aliphatic carbocycles. The van der Waals surface area contributed by atoms with Gasteiger partial charge in [0.2, 0.25) is 5.91 Å². The zero-order valence-corrected chi connectivity index (χ0v) is 20.9. The fraction of sp³-hybridized carbons (Fsp3) is 0.650. The van der Waals surface area contributed by atoms with E-state index in [0.717, 1.165) is 6.34 Å². The Bertz CT molecular complexity index is 1290. The van der Waals surface area contributed by atoms with Crippen LogP contribution in [0.15, 0.2) is 16.3 Å². The Morgan fingerprint density at radius 3 is 2.45 bits per heavy atom. The Hall–Kier alpha value is -2.76. The number of carbonyl (C=O) groups excluding carboxylic acids is 2. The minimum Gasteiger partial charge on any atom is -0.390 e. The third-order valence-electron chi connectivity index (χ3n) is 7.55. The summed E-state index contributed by atoms with van der Waals surface area (Å²) in [6.45, 7) is 0.487. The highest BCUT2D eigenvalue weighted by atomic mass is 31.2. The van der Waals surface area contributed by atoms with E-state index in [9.17, 15) is 29.3 Å². The van der Waals surface area contributed by atoms with E-state index in [-0.39, 0.29) is 30.2 Å². The number of rotatable bonds is 0. The molecule has 1 aromatic rings. The molecule has 6 heterocycles. The molecule has 1 unspecified atom stereocenters. The number of amidine groups is 1. The van der Waals surface area contributed by atoms with E-state index in [1.54, 1.807) is 0 Å². The summed E-state index contributed by atoms with van der Waals surface area (Å²) in [7, 11) is -4.63. The van der Waals surface area contributed by atoms with Crippen LogP contribution >= 0.6 is 7.82 Å². The highest BCUT2D eigenvalue weighted by Crippen LogP contribution is 2.50. The van der Waals surface area contributed by atoms with E-state index >= 15 is 0 Å². The second kappa shape index (κ2) is 8.89. The van der Waals surface area contributed by atoms with Crippen LogP contribution in [0, 0.1) is 5.41 Å². The number of hydrogen-bond donors (Lipinski definition) is 5. The number of hydrogen-bond acceptors (Lipinski definition) is 13. The van der Waals surface area contributed by atoms with Gasteiger partial charge in [0.15, 0.2) is 5.82 Å². The smallest absolute Gasteiger partial charge is 0.390 e. The van der Waals surface area contributed by atoms with Gasteiger partial charge in [-0.3, -0.25) is 28.6 Å². The highest BCUT2D eigenvalue weighted by Gasteiger charge is 2.59. The zero-order chi connectivity index (χ0) is 27.0. The van der Waals surface area contributed by atoms with Crippen molar-refractivity contribution in [2.75, 3.05) is 13.2 Å². The van der Waals surface area contributed by atoms with Crippen molar-refractivity contribution in [2.45, 2.75) is 62.7 Å². The number of amides is 3. The van der Waals surface area contributed by atoms with E-state index in [2.05, 4.69) is 20.3 Å². The van der Waals surface area contributed by atoms with Crippen molar-refractivity contribution in [3.63, 3.8) is 0 Å². The first kappa shape index (κ1) is 25.5. The molecule has 17 nitrogen and oxygen atoms in total. The van der Waals surface area contributed by atoms with Crippen molar-refractivity contribution in [2.24, 2.45) is 21.1 Å². The lowest BCUT2D eigenvalue weighted by Crippen LogP contribution is -2.67. The molecule has 9 atom stereocenters. The predicted molar refractivity (Wildman–Crippen MR) is 124 cm³/mol. The maximum Gasteiger partial charge on any atom is 0.472 e. The van der Waals surface area contributed by atoms with Crippen LogP contribution < -0.4 is 11.1 Å². The molecule has 5 aliphatic heterocycles. The molecule has 38 heavy (non-hydrogen) atoms. The molecule has 0 radical (unpaired) electrons. The van der Waals surface area contributed by atoms with Crippen LogP contribution in [0.3, 0.4) is 0 Å². The third kappa shape index (κ3) is 3.89. The largest absolute Gasteiger partial charge is 0.472 e. The van der Waals surface area contributed by atoms with E-state index in [4.69, 9.17) is 24.3 Å². The standard InChI is InChI=1S/C20H26N7O10P/c1-20-15-14-16(22-6-23-17(20)21)26(7-24-14)12-2-8(28)10(36-12)4-34-38(32,33)35-5-11-9(29)3-13(37-11)27(15)19(31)25-18(20)30/h6-13,15,28-29H,2-5H2,1H3,(H,32,33)(H2,21,22,23)(H,25,30,31)/t8-,9-,10+,11+,12+,13+,15-,20-/m0/s1. The van der Waals surface area contributed by atoms with Crippen LogP contribution in [0.2, 0.25) is 0 Å². The molecular weight excluding hydrogens is 529 g/mol. The SMILES string of the molecule is C[C@]12C(=O)NC(=O)N3[C@H]1c1ncn(c1/N=C\N=C2N)[C@H]1C[C@H](O)[C@@H](COP(=O)(O)OC[C@H]2O[C@@H]3C[C@@H]2O)O1. The number of ether oxygens (including phenoxy) is 2. The fourth-order valence-corrected chi connectivity index (χ4v) is 6.14. The summed E-state index contributed by atoms with van der Waals surface area (Å²) in [6.07, 6.45) is -3.89. The van der Waals surface area contributed by atoms with Gasteiger partial charge in [0.1, 0.15) is 54.0 Å². The summed E-state index contributed by atoms with van der Waals surface area (Å²) in [4.78, 5) is 50.9. The first-order valence-electron chi connectivity index (χ1n) is 11.9. The average molecular weight is 555 g/mol. The normalized spacial score (nSPS) is 43.7. The first-order valence-corrected chi connectivity index (χ1v) is 13.3. The van der Waals surface area contributed by atoms with Crippen LogP contribution in [-0.4, -0.2) is 97.5 Å². The molecule has 0 spiro atoms. The van der Waals surface area contributed by atoms with Gasteiger partial charge in [-0.1, -0.05) is 0 Å². The predicted octanol–water partition coefficient (Wildman–Crippen LogP) is -1.22. The summed E-state index contributed by atoms with van der Waals surface area (Å²) in [5.74, 6) is -0.679. The van der Waals surface area contributed by atoms with Gasteiger partial charge in [-0.25, -0.2) is 24.3 Å². The molecule has 0 aromatic carbocycles. The Kier molecular flexibility index (Phi) is 5.97. The van der Waals surface area contributed by atoms with Gasteiger partial charge in [0, 0.05) is 12.8 Å². The number of nitrogens with two attached hydrogens (primary N) is 1. The van der Waals surface area contributed by atoms with Crippen molar-refractivity contribution in [3.05, 3.63) is 12.0 Å². The van der Waals surface area contributed by atoms with Crippen molar-refractivity contribution >= 4 is 37.8 Å². The minimum absolute atomic E-state index is 0.0550. The molecule has 3 fully saturated rings. The molecular formula is C20H26N7O10P. The van der Waals surface area contributed by atoms with Gasteiger partial charge in [-0.05, 0) is 6.92 Å². The number of aliphatic hydroxyl groups excluding tert-OH is 2. The van der Waals surface area contributed by atoms with E-state index in [1.807, 2.05) is 0 Å². The second-order valence-electron chi connectivity index (χ2n) is 9.82. The topological polar surface area (TPSA) is 233 Å². The lowest BCUT2D eigenvalue weighted by atomic mass is 9.75. The number of imidazole rings is 1. The third-order valence-corrected chi connectivity index (χ3v) is 8.50. The molecule has 1 aromatic heterocycles. The maximum absolute atomic E-state index is 13.3. The van der Waals surface area contributed by atoms with Crippen molar-refractivity contribution in [1.29, 1.82) is 0 Å². The van der Waals surface area contributed by atoms with Crippen LogP contribution in [0.1, 0.15) is 37.7 Å². The summed E-state index contributed by atoms with van der Waals surface area (Å²) in [6, 6.07) is -2.01. The Labute approximate surface area is 214 Å². The number of carbonyl (C=O) groups is 2. The number of urea groups is 1. The van der Waals surface area contributed by atoms with Gasteiger partial charge in [0.05, 0.1) is 31.7 Å². The number of imide groups is 1. The van der Waals surface area contributed by atoms with Gasteiger partial charge in [-0.15, -0.1) is 0 Å². The van der Waals surface area contributed by atoms with Crippen LogP contribution in [0.25, 0.3) is 0 Å². The van der Waals surface area contributed by atoms with E-state index in [1.165, 1.54) is 22.7 Å². The van der Waals surface area contributed by atoms with Crippen LogP contribution in [0.4, 0.5) is 10.6 Å². The van der Waals surface area contributed by atoms with Crippen molar-refractivity contribution < 1.29 is 47.8 Å². The monoisotopic (exact) mass is 555 g/mol. The zero-order valence-electron chi connectivity index (χ0n) is 20.0. The first-order chi connectivity index (χ1) is 18.0. The Balaban J connectivity index is 1.52. The van der Waals surface area contributed by atoms with Gasteiger partial charge in [0.25, 0.3) is 0 Å². The number of aliphatic imine (C=N–C) groups is 2. The molecule has 6 rings (SSSR count). The van der Waals surface area contributed by atoms with Crippen LogP contribution in [0.5, 0.6) is 0 Å². The Morgan fingerprint density at radius 1 is 1.13 bits per heavy atom. The Morgan fingerprint density at radius 2 is 1.76 bits per heavy atom. The number of nitrogens with zero attached hydrogens (tertiary/aromatic N) is 5. The molecule has 8 bridgehead atoms. The summed E-state index contributed by atoms with van der Waals surface area (Å²) < 4.78 is 35.8. The average Bonchev–Trinajstić information content (AvgIpc) is 3.53. The molecule has 18 heteroatoms. The number of aliphatic hydroxyl groups is 2. The summed E-state index contributed by atoms with van der Waals surface area (Å²) in [5.41, 5.74) is 4.81. The maximum atomic E-state index is 13.3. The minimum atomic E-state index is -4.63. The molecule has 3 amide bonds. The molecule has 206 valence electrons. The lowest BCUT2D eigenvalue weighted by molar-refractivity contribution is -0.138. The summed E-state index contributed by atoms with van der Waals surface area (Å²) in [5, 5.41) is 23.5. The van der Waals surface area contributed by atoms with Gasteiger partial charge >= 0.3 is 13.9 Å². The molecule has 6 N–H and O–H groups in total. The second-order valence-corrected chi connectivity index (χ2v) is 11.3. The molecule has 0 saturated carbocycles. The molecule has 5 aliphatic rings. The van der Waals surface area contributed by atoms with Crippen LogP contribution in [-0.2, 0) is 27.9 Å². The highest BCUT2D eigenvalue weighted by molar-refractivity contribution is 7.47. The van der Waals surface area contributed by atoms with Crippen molar-refractivity contribution in [3.8, 4) is 0 Å². The van der Waals surface area contributed by atoms with Gasteiger partial charge < -0.3 is 30.3 Å². The number of nitrogens with one attached hydrogen (secondary N) is 1. The lowest BCUT2D eigenvalue weighted by Gasteiger charge is -2.47. The fourth-order valence-electron chi connectivity index (χ4n) is 5.40. The number of fused-ring (bicyclic) bond motifs is 6. The number of aromatic nitrogens is 2. The molecule has 3 saturated heterocycles. The quantitative estimate of drug-likeness (QED) is 0.237. The van der Waals surface area contributed by atoms with E-state index in [0.29, 0.717) is 0 Å².